The number of anilines is 1. The number of carbonyl (C=O) groups excluding carboxylic acids is 1. The molecule has 1 amide bonds. The maximum absolute atomic E-state index is 13.2. The first kappa shape index (κ1) is 29.7. The molecule has 1 atom stereocenters. The van der Waals surface area contributed by atoms with E-state index in [1.165, 1.54) is 45.3 Å². The molecule has 200 valence electrons. The zero-order valence-electron chi connectivity index (χ0n) is 19.7. The molecule has 36 heavy (non-hydrogen) atoms. The first-order chi connectivity index (χ1) is 16.5. The smallest absolute Gasteiger partial charge is 0.417 e. The molecule has 0 saturated heterocycles. The van der Waals surface area contributed by atoms with Crippen LogP contribution in [0.3, 0.4) is 0 Å². The highest BCUT2D eigenvalue weighted by Gasteiger charge is 2.36. The third kappa shape index (κ3) is 7.24. The Balaban J connectivity index is 2.06. The number of hydrogen-bond acceptors (Lipinski definition) is 6. The van der Waals surface area contributed by atoms with Crippen LogP contribution >= 0.6 is 11.6 Å². The minimum absolute atomic E-state index is 0.0454. The molecule has 0 aliphatic carbocycles. The molecule has 0 spiro atoms. The van der Waals surface area contributed by atoms with Gasteiger partial charge in [0.05, 0.1) is 34.0 Å². The van der Waals surface area contributed by atoms with Gasteiger partial charge in [-0.1, -0.05) is 11.6 Å². The van der Waals surface area contributed by atoms with Crippen molar-refractivity contribution in [3.8, 4) is 5.75 Å². The average molecular weight is 572 g/mol. The number of sulfonamides is 2. The number of nitrogens with one attached hydrogen (secondary N) is 1. The number of ether oxygens (including phenoxy) is 1. The highest BCUT2D eigenvalue weighted by atomic mass is 35.5. The van der Waals surface area contributed by atoms with Crippen LogP contribution in [0.2, 0.25) is 5.02 Å². The fourth-order valence-corrected chi connectivity index (χ4v) is 5.38. The number of carbonyl (C=O) groups is 1. The molecule has 1 N–H and O–H groups in total. The SMILES string of the molecule is C[C@@H](C(=O)NCCOc1ccc(S(=O)(=O)N(C)C)cc1)N(c1ccc(Cl)c(C(F)(F)F)c1)S(C)(=O)=O. The Morgan fingerprint density at radius 3 is 2.17 bits per heavy atom. The van der Waals surface area contributed by atoms with E-state index in [0.29, 0.717) is 16.1 Å². The third-order valence-corrected chi connectivity index (χ3v) is 8.27. The summed E-state index contributed by atoms with van der Waals surface area (Å²) < 4.78 is 95.6. The molecule has 0 aromatic heterocycles. The van der Waals surface area contributed by atoms with E-state index < -0.39 is 48.8 Å². The Bertz CT molecular complexity index is 1300. The van der Waals surface area contributed by atoms with Crippen molar-refractivity contribution in [1.82, 2.24) is 9.62 Å². The van der Waals surface area contributed by atoms with Crippen LogP contribution in [0, 0.1) is 0 Å². The Kier molecular flexibility index (Phi) is 9.26. The van der Waals surface area contributed by atoms with E-state index in [1.54, 1.807) is 0 Å². The summed E-state index contributed by atoms with van der Waals surface area (Å²) >= 11 is 5.61. The highest BCUT2D eigenvalue weighted by Crippen LogP contribution is 2.37. The molecule has 0 radical (unpaired) electrons. The molecule has 15 heteroatoms. The molecule has 9 nitrogen and oxygen atoms in total. The number of nitrogens with zero attached hydrogens (tertiary/aromatic N) is 2. The van der Waals surface area contributed by atoms with Gasteiger partial charge in [0.2, 0.25) is 26.0 Å². The maximum atomic E-state index is 13.2. The fourth-order valence-electron chi connectivity index (χ4n) is 3.09. The van der Waals surface area contributed by atoms with Crippen molar-refractivity contribution in [3.63, 3.8) is 0 Å². The predicted octanol–water partition coefficient (Wildman–Crippen LogP) is 2.96. The van der Waals surface area contributed by atoms with Crippen LogP contribution in [0.15, 0.2) is 47.4 Å². The first-order valence-electron chi connectivity index (χ1n) is 10.3. The molecular formula is C21H25ClF3N3O6S2. The van der Waals surface area contributed by atoms with Crippen LogP contribution in [0.25, 0.3) is 0 Å². The maximum Gasteiger partial charge on any atom is 0.417 e. The van der Waals surface area contributed by atoms with E-state index in [2.05, 4.69) is 5.32 Å². The van der Waals surface area contributed by atoms with Crippen LogP contribution in [-0.2, 0) is 31.0 Å². The monoisotopic (exact) mass is 571 g/mol. The lowest BCUT2D eigenvalue weighted by molar-refractivity contribution is -0.137. The predicted molar refractivity (Wildman–Crippen MR) is 129 cm³/mol. The zero-order chi connectivity index (χ0) is 27.5. The van der Waals surface area contributed by atoms with Crippen LogP contribution in [0.4, 0.5) is 18.9 Å². The number of rotatable bonds is 10. The number of halogens is 4. The highest BCUT2D eigenvalue weighted by molar-refractivity contribution is 7.92. The summed E-state index contributed by atoms with van der Waals surface area (Å²) in [7, 11) is -4.96. The van der Waals surface area contributed by atoms with Gasteiger partial charge in [0.1, 0.15) is 18.4 Å². The molecule has 2 aromatic carbocycles. The first-order valence-corrected chi connectivity index (χ1v) is 13.9. The Morgan fingerprint density at radius 1 is 1.08 bits per heavy atom. The standard InChI is InChI=1S/C21H25ClF3N3O6S2/c1-14(28(35(4,30)31)15-5-10-19(22)18(13-15)21(23,24)25)20(29)26-11-12-34-16-6-8-17(9-7-16)36(32,33)27(2)3/h5-10,13-14H,11-12H2,1-4H3,(H,26,29)/t14-/m0/s1. The summed E-state index contributed by atoms with van der Waals surface area (Å²) in [6, 6.07) is 6.74. The van der Waals surface area contributed by atoms with Crippen LogP contribution < -0.4 is 14.4 Å². The Labute approximate surface area is 212 Å². The van der Waals surface area contributed by atoms with Crippen LogP contribution in [0.5, 0.6) is 5.75 Å². The summed E-state index contributed by atoms with van der Waals surface area (Å²) in [5.74, 6) is -0.450. The molecule has 0 bridgehead atoms. The second kappa shape index (κ2) is 11.2. The molecule has 0 aliphatic heterocycles. The lowest BCUT2D eigenvalue weighted by atomic mass is 10.1. The van der Waals surface area contributed by atoms with Crippen molar-refractivity contribution in [1.29, 1.82) is 0 Å². The number of alkyl halides is 3. The van der Waals surface area contributed by atoms with E-state index in [9.17, 15) is 34.8 Å². The van der Waals surface area contributed by atoms with Gasteiger partial charge in [-0.25, -0.2) is 21.1 Å². The molecule has 0 saturated carbocycles. The lowest BCUT2D eigenvalue weighted by Gasteiger charge is -2.29. The largest absolute Gasteiger partial charge is 0.492 e. The number of hydrogen-bond donors (Lipinski definition) is 1. The molecular weight excluding hydrogens is 547 g/mol. The zero-order valence-corrected chi connectivity index (χ0v) is 22.1. The van der Waals surface area contributed by atoms with Gasteiger partial charge < -0.3 is 10.1 Å². The quantitative estimate of drug-likeness (QED) is 0.439. The van der Waals surface area contributed by atoms with Gasteiger partial charge in [0.15, 0.2) is 0 Å². The van der Waals surface area contributed by atoms with Gasteiger partial charge in [-0.15, -0.1) is 0 Å². The van der Waals surface area contributed by atoms with Crippen molar-refractivity contribution in [2.75, 3.05) is 37.8 Å². The van der Waals surface area contributed by atoms with Crippen molar-refractivity contribution in [3.05, 3.63) is 53.1 Å². The van der Waals surface area contributed by atoms with Crippen LogP contribution in [-0.4, -0.2) is 66.6 Å². The van der Waals surface area contributed by atoms with Gasteiger partial charge in [0, 0.05) is 14.1 Å². The fraction of sp³-hybridized carbons (Fsp3) is 0.381. The van der Waals surface area contributed by atoms with Crippen molar-refractivity contribution >= 4 is 43.2 Å². The van der Waals surface area contributed by atoms with Gasteiger partial charge in [0.25, 0.3) is 0 Å². The van der Waals surface area contributed by atoms with Gasteiger partial charge >= 0.3 is 6.18 Å². The normalized spacial score (nSPS) is 13.4. The summed E-state index contributed by atoms with van der Waals surface area (Å²) in [5, 5.41) is 1.85. The van der Waals surface area contributed by atoms with Crippen molar-refractivity contribution < 1.29 is 39.5 Å². The summed E-state index contributed by atoms with van der Waals surface area (Å²) in [5.41, 5.74) is -1.61. The van der Waals surface area contributed by atoms with Crippen molar-refractivity contribution in [2.24, 2.45) is 0 Å². The number of benzene rings is 2. The lowest BCUT2D eigenvalue weighted by Crippen LogP contribution is -2.48. The van der Waals surface area contributed by atoms with Crippen molar-refractivity contribution in [2.45, 2.75) is 24.0 Å². The second-order valence-corrected chi connectivity index (χ2v) is 12.2. The second-order valence-electron chi connectivity index (χ2n) is 7.80. The van der Waals surface area contributed by atoms with Crippen LogP contribution in [0.1, 0.15) is 12.5 Å². The topological polar surface area (TPSA) is 113 Å². The molecule has 0 fully saturated rings. The average Bonchev–Trinajstić information content (AvgIpc) is 2.76. The van der Waals surface area contributed by atoms with E-state index >= 15 is 0 Å². The summed E-state index contributed by atoms with van der Waals surface area (Å²) in [6.07, 6.45) is -4.06. The van der Waals surface area contributed by atoms with Gasteiger partial charge in [-0.2, -0.15) is 13.2 Å². The van der Waals surface area contributed by atoms with E-state index in [1.807, 2.05) is 0 Å². The summed E-state index contributed by atoms with van der Waals surface area (Å²) in [6.45, 7) is 1.12. The van der Waals surface area contributed by atoms with E-state index in [4.69, 9.17) is 16.3 Å². The molecule has 2 rings (SSSR count). The minimum atomic E-state index is -4.83. The summed E-state index contributed by atoms with van der Waals surface area (Å²) in [4.78, 5) is 12.7. The molecule has 0 aliphatic rings. The molecule has 0 unspecified atom stereocenters. The molecule has 0 heterocycles. The van der Waals surface area contributed by atoms with E-state index in [-0.39, 0.29) is 23.7 Å². The Hall–Kier alpha value is -2.55. The third-order valence-electron chi connectivity index (χ3n) is 4.87. The Morgan fingerprint density at radius 2 is 1.67 bits per heavy atom. The molecule has 2 aromatic rings. The van der Waals surface area contributed by atoms with Gasteiger partial charge in [-0.3, -0.25) is 9.10 Å². The minimum Gasteiger partial charge on any atom is -0.492 e. The van der Waals surface area contributed by atoms with E-state index in [0.717, 1.165) is 22.7 Å². The number of amides is 1. The van der Waals surface area contributed by atoms with Gasteiger partial charge in [-0.05, 0) is 49.4 Å².